The molecule has 0 aliphatic rings. The van der Waals surface area contributed by atoms with E-state index in [9.17, 15) is 8.42 Å². The predicted octanol–water partition coefficient (Wildman–Crippen LogP) is 7.03. The molecule has 1 N–H and O–H groups in total. The quantitative estimate of drug-likeness (QED) is 0.280. The van der Waals surface area contributed by atoms with E-state index in [1.807, 2.05) is 30.3 Å². The van der Waals surface area contributed by atoms with Crippen molar-refractivity contribution in [3.63, 3.8) is 0 Å². The van der Waals surface area contributed by atoms with Gasteiger partial charge in [0.2, 0.25) is 0 Å². The van der Waals surface area contributed by atoms with E-state index in [4.69, 9.17) is 23.2 Å². The van der Waals surface area contributed by atoms with Gasteiger partial charge in [0, 0.05) is 21.0 Å². The van der Waals surface area contributed by atoms with Crippen molar-refractivity contribution in [1.82, 2.24) is 9.97 Å². The largest absolute Gasteiger partial charge is 0.340 e. The van der Waals surface area contributed by atoms with Crippen LogP contribution in [-0.4, -0.2) is 18.4 Å². The molecular weight excluding hydrogens is 533 g/mol. The maximum absolute atomic E-state index is 12.5. The van der Waals surface area contributed by atoms with Gasteiger partial charge in [0.05, 0.1) is 21.3 Å². The fourth-order valence-electron chi connectivity index (χ4n) is 3.03. The number of rotatable bonds is 6. The Morgan fingerprint density at radius 2 is 1.72 bits per heavy atom. The molecule has 0 atom stereocenters. The van der Waals surface area contributed by atoms with Crippen molar-refractivity contribution in [2.45, 2.75) is 5.75 Å². The molecule has 0 saturated heterocycles. The van der Waals surface area contributed by atoms with Crippen LogP contribution >= 0.6 is 39.1 Å². The van der Waals surface area contributed by atoms with Crippen molar-refractivity contribution < 1.29 is 8.42 Å². The minimum Gasteiger partial charge on any atom is -0.340 e. The van der Waals surface area contributed by atoms with Gasteiger partial charge in [-0.25, -0.2) is 18.4 Å². The van der Waals surface area contributed by atoms with Crippen LogP contribution in [0.1, 0.15) is 11.1 Å². The summed E-state index contributed by atoms with van der Waals surface area (Å²) in [5.74, 6) is 0.551. The third-order valence-electron chi connectivity index (χ3n) is 4.59. The minimum absolute atomic E-state index is 0.117. The molecule has 9 heteroatoms. The molecule has 0 bridgehead atoms. The summed E-state index contributed by atoms with van der Waals surface area (Å²) in [5, 5.41) is 6.11. The summed E-state index contributed by atoms with van der Waals surface area (Å²) < 4.78 is 25.9. The van der Waals surface area contributed by atoms with Crippen LogP contribution in [-0.2, 0) is 15.6 Å². The van der Waals surface area contributed by atoms with Gasteiger partial charge in [0.25, 0.3) is 0 Å². The number of benzene rings is 3. The van der Waals surface area contributed by atoms with Gasteiger partial charge in [-0.3, -0.25) is 0 Å². The van der Waals surface area contributed by atoms with E-state index in [0.717, 1.165) is 21.1 Å². The number of anilines is 2. The van der Waals surface area contributed by atoms with Gasteiger partial charge >= 0.3 is 0 Å². The van der Waals surface area contributed by atoms with Gasteiger partial charge in [0.15, 0.2) is 9.84 Å². The summed E-state index contributed by atoms with van der Waals surface area (Å²) in [6.07, 6.45) is 3.01. The first-order valence-corrected chi connectivity index (χ1v) is 12.7. The van der Waals surface area contributed by atoms with Gasteiger partial charge in [-0.05, 0) is 59.7 Å². The summed E-state index contributed by atoms with van der Waals surface area (Å²) in [4.78, 5) is 8.59. The molecule has 0 spiro atoms. The molecular formula is C23H16BrCl2N3O2S. The zero-order valence-electron chi connectivity index (χ0n) is 16.5. The maximum atomic E-state index is 12.5. The second kappa shape index (κ2) is 9.58. The number of nitrogens with zero attached hydrogens (tertiary/aromatic N) is 2. The van der Waals surface area contributed by atoms with E-state index in [-0.39, 0.29) is 5.75 Å². The van der Waals surface area contributed by atoms with E-state index < -0.39 is 9.84 Å². The number of aromatic nitrogens is 2. The van der Waals surface area contributed by atoms with Crippen LogP contribution in [0.25, 0.3) is 17.0 Å². The van der Waals surface area contributed by atoms with Crippen molar-refractivity contribution in [2.24, 2.45) is 0 Å². The number of halogens is 3. The second-order valence-corrected chi connectivity index (χ2v) is 10.6. The number of nitrogens with one attached hydrogen (secondary N) is 1. The summed E-state index contributed by atoms with van der Waals surface area (Å²) in [5.41, 5.74) is 2.94. The minimum atomic E-state index is -3.46. The molecule has 5 nitrogen and oxygen atoms in total. The van der Waals surface area contributed by atoms with Crippen LogP contribution < -0.4 is 5.32 Å². The standard InChI is InChI=1S/C23H16BrCl2N3O2S/c24-17-4-8-22-19(12-17)23(28-14-27-22)29-18-5-1-16(2-6-18)13-32(30,31)10-9-15-3-7-20(25)21(26)11-15/h1-12,14H,13H2,(H,27,28,29)/b10-9+. The van der Waals surface area contributed by atoms with Gasteiger partial charge in [-0.1, -0.05) is 57.3 Å². The van der Waals surface area contributed by atoms with Crippen LogP contribution in [0.4, 0.5) is 11.5 Å². The molecule has 0 amide bonds. The molecule has 0 aliphatic carbocycles. The van der Waals surface area contributed by atoms with Crippen molar-refractivity contribution >= 4 is 77.5 Å². The third-order valence-corrected chi connectivity index (χ3v) is 7.11. The van der Waals surface area contributed by atoms with E-state index in [1.54, 1.807) is 30.3 Å². The van der Waals surface area contributed by atoms with Gasteiger partial charge in [-0.15, -0.1) is 0 Å². The fourth-order valence-corrected chi connectivity index (χ4v) is 4.81. The zero-order chi connectivity index (χ0) is 22.7. The van der Waals surface area contributed by atoms with E-state index in [1.165, 1.54) is 17.8 Å². The molecule has 0 unspecified atom stereocenters. The number of hydrogen-bond acceptors (Lipinski definition) is 5. The fraction of sp³-hybridized carbons (Fsp3) is 0.0435. The lowest BCUT2D eigenvalue weighted by atomic mass is 10.2. The van der Waals surface area contributed by atoms with Crippen LogP contribution in [0.15, 0.2) is 76.9 Å². The maximum Gasteiger partial charge on any atom is 0.175 e. The SMILES string of the molecule is O=S(=O)(/C=C/c1ccc(Cl)c(Cl)c1)Cc1ccc(Nc2ncnc3ccc(Br)cc23)cc1. The lowest BCUT2D eigenvalue weighted by Gasteiger charge is -2.09. The Balaban J connectivity index is 1.47. The highest BCUT2D eigenvalue weighted by molar-refractivity contribution is 9.10. The molecule has 0 radical (unpaired) electrons. The lowest BCUT2D eigenvalue weighted by Crippen LogP contribution is -2.01. The topological polar surface area (TPSA) is 72.0 Å². The molecule has 0 aliphatic heterocycles. The Morgan fingerprint density at radius 3 is 2.47 bits per heavy atom. The Kier molecular flexibility index (Phi) is 6.81. The molecule has 0 saturated carbocycles. The Morgan fingerprint density at radius 1 is 0.938 bits per heavy atom. The first kappa shape index (κ1) is 22.7. The van der Waals surface area contributed by atoms with Crippen molar-refractivity contribution in [2.75, 3.05) is 5.32 Å². The molecule has 3 aromatic carbocycles. The highest BCUT2D eigenvalue weighted by Gasteiger charge is 2.09. The number of sulfone groups is 1. The highest BCUT2D eigenvalue weighted by atomic mass is 79.9. The molecule has 1 aromatic heterocycles. The average molecular weight is 549 g/mol. The van der Waals surface area contributed by atoms with E-state index in [0.29, 0.717) is 27.0 Å². The molecule has 1 heterocycles. The molecule has 162 valence electrons. The van der Waals surface area contributed by atoms with Crippen molar-refractivity contribution in [3.8, 4) is 0 Å². The zero-order valence-corrected chi connectivity index (χ0v) is 20.4. The predicted molar refractivity (Wildman–Crippen MR) is 135 cm³/mol. The van der Waals surface area contributed by atoms with Crippen LogP contribution in [0.2, 0.25) is 10.0 Å². The smallest absolute Gasteiger partial charge is 0.175 e. The monoisotopic (exact) mass is 547 g/mol. The molecule has 0 fully saturated rings. The Hall–Kier alpha value is -2.45. The Labute approximate surface area is 204 Å². The third kappa shape index (κ3) is 5.66. The van der Waals surface area contributed by atoms with Gasteiger partial charge in [0.1, 0.15) is 12.1 Å². The summed E-state index contributed by atoms with van der Waals surface area (Å²) >= 11 is 15.3. The van der Waals surface area contributed by atoms with Crippen LogP contribution in [0.5, 0.6) is 0 Å². The van der Waals surface area contributed by atoms with Crippen molar-refractivity contribution in [3.05, 3.63) is 98.0 Å². The molecule has 4 aromatic rings. The molecule has 4 rings (SSSR count). The highest BCUT2D eigenvalue weighted by Crippen LogP contribution is 2.26. The normalized spacial score (nSPS) is 11.8. The van der Waals surface area contributed by atoms with Gasteiger partial charge in [-0.2, -0.15) is 0 Å². The van der Waals surface area contributed by atoms with E-state index >= 15 is 0 Å². The van der Waals surface area contributed by atoms with Crippen LogP contribution in [0.3, 0.4) is 0 Å². The molecule has 32 heavy (non-hydrogen) atoms. The summed E-state index contributed by atoms with van der Waals surface area (Å²) in [6, 6.07) is 17.9. The van der Waals surface area contributed by atoms with Gasteiger partial charge < -0.3 is 5.32 Å². The average Bonchev–Trinajstić information content (AvgIpc) is 2.76. The number of fused-ring (bicyclic) bond motifs is 1. The summed E-state index contributed by atoms with van der Waals surface area (Å²) in [7, 11) is -3.46. The lowest BCUT2D eigenvalue weighted by molar-refractivity contribution is 0.604. The first-order chi connectivity index (χ1) is 15.3. The van der Waals surface area contributed by atoms with Crippen molar-refractivity contribution in [1.29, 1.82) is 0 Å². The number of hydrogen-bond donors (Lipinski definition) is 1. The first-order valence-electron chi connectivity index (χ1n) is 9.41. The van der Waals surface area contributed by atoms with E-state index in [2.05, 4.69) is 31.2 Å². The Bertz CT molecular complexity index is 1430. The summed E-state index contributed by atoms with van der Waals surface area (Å²) in [6.45, 7) is 0. The van der Waals surface area contributed by atoms with Crippen LogP contribution in [0, 0.1) is 0 Å². The second-order valence-electron chi connectivity index (χ2n) is 6.99.